The van der Waals surface area contributed by atoms with Crippen molar-refractivity contribution in [3.05, 3.63) is 39.9 Å². The first kappa shape index (κ1) is 18.3. The third kappa shape index (κ3) is 4.47. The Morgan fingerprint density at radius 2 is 2.17 bits per heavy atom. The summed E-state index contributed by atoms with van der Waals surface area (Å²) in [7, 11) is 0. The lowest BCUT2D eigenvalue weighted by molar-refractivity contribution is 0.279. The number of nitrogens with one attached hydrogen (secondary N) is 3. The summed E-state index contributed by atoms with van der Waals surface area (Å²) in [5, 5.41) is 23.3. The van der Waals surface area contributed by atoms with E-state index in [9.17, 15) is 4.79 Å². The van der Waals surface area contributed by atoms with Crippen LogP contribution in [0.4, 0.5) is 5.82 Å². The van der Waals surface area contributed by atoms with Gasteiger partial charge >= 0.3 is 0 Å². The molecule has 1 fully saturated rings. The molecule has 1 aliphatic rings. The molecular formula is C18H28N4O2. The molecule has 132 valence electrons. The van der Waals surface area contributed by atoms with E-state index in [-0.39, 0.29) is 12.2 Å². The molecule has 24 heavy (non-hydrogen) atoms. The number of aryl methyl sites for hydroxylation is 1. The number of aliphatic hydroxyl groups is 1. The second-order valence-corrected chi connectivity index (χ2v) is 6.39. The highest BCUT2D eigenvalue weighted by Gasteiger charge is 2.16. The van der Waals surface area contributed by atoms with Crippen molar-refractivity contribution in [1.82, 2.24) is 9.88 Å². The van der Waals surface area contributed by atoms with E-state index in [4.69, 9.17) is 10.5 Å². The fraction of sp³-hybridized carbons (Fsp3) is 0.556. The first-order valence-electron chi connectivity index (χ1n) is 8.65. The number of aromatic nitrogens is 1. The maximum absolute atomic E-state index is 12.5. The van der Waals surface area contributed by atoms with Gasteiger partial charge in [-0.2, -0.15) is 0 Å². The van der Waals surface area contributed by atoms with Gasteiger partial charge < -0.3 is 21.1 Å². The number of rotatable bonds is 8. The van der Waals surface area contributed by atoms with Crippen LogP contribution in [-0.2, 0) is 6.54 Å². The molecular weight excluding hydrogens is 304 g/mol. The van der Waals surface area contributed by atoms with E-state index in [1.807, 2.05) is 0 Å². The Labute approximate surface area is 143 Å². The number of pyridine rings is 1. The van der Waals surface area contributed by atoms with Gasteiger partial charge in [0.2, 0.25) is 0 Å². The van der Waals surface area contributed by atoms with Crippen LogP contribution in [0.2, 0.25) is 0 Å². The Morgan fingerprint density at radius 3 is 2.79 bits per heavy atom. The van der Waals surface area contributed by atoms with Gasteiger partial charge in [0.15, 0.2) is 0 Å². The van der Waals surface area contributed by atoms with Crippen LogP contribution in [0, 0.1) is 12.3 Å². The average Bonchev–Trinajstić information content (AvgIpc) is 2.58. The molecule has 0 spiro atoms. The molecule has 4 N–H and O–H groups in total. The van der Waals surface area contributed by atoms with Gasteiger partial charge in [-0.25, -0.2) is 0 Å². The maximum atomic E-state index is 12.5. The van der Waals surface area contributed by atoms with Crippen LogP contribution in [0.3, 0.4) is 0 Å². The molecule has 2 rings (SSSR count). The molecule has 1 aromatic rings. The third-order valence-electron chi connectivity index (χ3n) is 4.45. The van der Waals surface area contributed by atoms with Gasteiger partial charge in [-0.1, -0.05) is 25.8 Å². The normalized spacial score (nSPS) is 15.1. The summed E-state index contributed by atoms with van der Waals surface area (Å²) in [6.45, 7) is 6.19. The number of nitrogens with zero attached hydrogens (tertiary/aromatic N) is 1. The summed E-state index contributed by atoms with van der Waals surface area (Å²) < 4.78 is 1.58. The zero-order valence-corrected chi connectivity index (χ0v) is 14.4. The highest BCUT2D eigenvalue weighted by molar-refractivity contribution is 5.85. The SMILES string of the molecule is C=C(Nc1c(C=N)cc(C)c(=O)n1CCCO)NC1CCCCC1. The zero-order valence-electron chi connectivity index (χ0n) is 14.4. The van der Waals surface area contributed by atoms with Crippen LogP contribution in [-0.4, -0.2) is 28.5 Å². The summed E-state index contributed by atoms with van der Waals surface area (Å²) in [5.74, 6) is 1.20. The molecule has 0 aliphatic heterocycles. The quantitative estimate of drug-likeness (QED) is 0.550. The molecule has 6 heteroatoms. The Morgan fingerprint density at radius 1 is 1.46 bits per heavy atom. The first-order valence-corrected chi connectivity index (χ1v) is 8.65. The number of aliphatic hydroxyl groups excluding tert-OH is 1. The predicted octanol–water partition coefficient (Wildman–Crippen LogP) is 2.34. The summed E-state index contributed by atoms with van der Waals surface area (Å²) in [4.78, 5) is 12.5. The molecule has 0 saturated heterocycles. The molecule has 1 aromatic heterocycles. The van der Waals surface area contributed by atoms with Crippen molar-refractivity contribution in [2.75, 3.05) is 11.9 Å². The van der Waals surface area contributed by atoms with E-state index in [0.29, 0.717) is 41.8 Å². The van der Waals surface area contributed by atoms with E-state index in [2.05, 4.69) is 17.2 Å². The van der Waals surface area contributed by atoms with Gasteiger partial charge in [-0.15, -0.1) is 0 Å². The molecule has 1 aliphatic carbocycles. The Hall–Kier alpha value is -2.08. The van der Waals surface area contributed by atoms with Crippen molar-refractivity contribution in [1.29, 1.82) is 5.41 Å². The van der Waals surface area contributed by atoms with Gasteiger partial charge in [-0.05, 0) is 32.3 Å². The lowest BCUT2D eigenvalue weighted by Crippen LogP contribution is -2.34. The van der Waals surface area contributed by atoms with Crippen LogP contribution in [0.1, 0.15) is 49.7 Å². The number of hydrogen-bond donors (Lipinski definition) is 4. The minimum Gasteiger partial charge on any atom is -0.396 e. The van der Waals surface area contributed by atoms with Crippen molar-refractivity contribution in [3.8, 4) is 0 Å². The lowest BCUT2D eigenvalue weighted by Gasteiger charge is -2.26. The van der Waals surface area contributed by atoms with Gasteiger partial charge in [0, 0.05) is 36.5 Å². The Kier molecular flexibility index (Phi) is 6.61. The van der Waals surface area contributed by atoms with Crippen LogP contribution in [0.15, 0.2) is 23.3 Å². The van der Waals surface area contributed by atoms with Crippen LogP contribution in [0.5, 0.6) is 0 Å². The second-order valence-electron chi connectivity index (χ2n) is 6.39. The predicted molar refractivity (Wildman–Crippen MR) is 97.8 cm³/mol. The smallest absolute Gasteiger partial charge is 0.255 e. The molecule has 1 heterocycles. The zero-order chi connectivity index (χ0) is 17.5. The standard InChI is InChI=1S/C18H28N4O2/c1-13-11-15(12-19)17(22(18(13)24)9-6-10-23)21-14(2)20-16-7-4-3-5-8-16/h11-12,16,19-21,23H,2-10H2,1H3. The average molecular weight is 332 g/mol. The van der Waals surface area contributed by atoms with E-state index in [1.54, 1.807) is 17.6 Å². The first-order chi connectivity index (χ1) is 11.6. The van der Waals surface area contributed by atoms with E-state index in [1.165, 1.54) is 25.5 Å². The number of anilines is 1. The molecule has 0 amide bonds. The van der Waals surface area contributed by atoms with Crippen LogP contribution in [0.25, 0.3) is 0 Å². The van der Waals surface area contributed by atoms with E-state index in [0.717, 1.165) is 12.8 Å². The summed E-state index contributed by atoms with van der Waals surface area (Å²) in [6.07, 6.45) is 7.71. The minimum absolute atomic E-state index is 0.0149. The number of hydrogen-bond acceptors (Lipinski definition) is 5. The van der Waals surface area contributed by atoms with Crippen molar-refractivity contribution in [3.63, 3.8) is 0 Å². The van der Waals surface area contributed by atoms with E-state index < -0.39 is 0 Å². The topological polar surface area (TPSA) is 90.1 Å². The molecule has 6 nitrogen and oxygen atoms in total. The summed E-state index contributed by atoms with van der Waals surface area (Å²) in [5.41, 5.74) is 1.11. The monoisotopic (exact) mass is 332 g/mol. The third-order valence-corrected chi connectivity index (χ3v) is 4.45. The van der Waals surface area contributed by atoms with Gasteiger partial charge in [0.05, 0.1) is 5.82 Å². The van der Waals surface area contributed by atoms with E-state index >= 15 is 0 Å². The van der Waals surface area contributed by atoms with Gasteiger partial charge in [0.25, 0.3) is 5.56 Å². The van der Waals surface area contributed by atoms with Gasteiger partial charge in [0.1, 0.15) is 5.82 Å². The summed E-state index contributed by atoms with van der Waals surface area (Å²) >= 11 is 0. The van der Waals surface area contributed by atoms with Crippen molar-refractivity contribution >= 4 is 12.0 Å². The lowest BCUT2D eigenvalue weighted by atomic mass is 9.96. The highest BCUT2D eigenvalue weighted by atomic mass is 16.3. The molecule has 0 radical (unpaired) electrons. The Bertz CT molecular complexity index is 645. The van der Waals surface area contributed by atoms with Crippen LogP contribution < -0.4 is 16.2 Å². The molecule has 0 atom stereocenters. The second kappa shape index (κ2) is 8.68. The van der Waals surface area contributed by atoms with Crippen molar-refractivity contribution in [2.45, 2.75) is 58.0 Å². The molecule has 1 saturated carbocycles. The summed E-state index contributed by atoms with van der Waals surface area (Å²) in [6, 6.07) is 2.12. The Balaban J connectivity index is 2.22. The molecule has 0 unspecified atom stereocenters. The highest BCUT2D eigenvalue weighted by Crippen LogP contribution is 2.20. The fourth-order valence-electron chi connectivity index (χ4n) is 3.20. The fourth-order valence-corrected chi connectivity index (χ4v) is 3.20. The van der Waals surface area contributed by atoms with Crippen molar-refractivity contribution in [2.24, 2.45) is 0 Å². The van der Waals surface area contributed by atoms with Gasteiger partial charge in [-0.3, -0.25) is 9.36 Å². The molecule has 0 aromatic carbocycles. The minimum atomic E-state index is -0.109. The largest absolute Gasteiger partial charge is 0.396 e. The molecule has 0 bridgehead atoms. The maximum Gasteiger partial charge on any atom is 0.255 e. The van der Waals surface area contributed by atoms with Crippen molar-refractivity contribution < 1.29 is 5.11 Å². The van der Waals surface area contributed by atoms with Crippen LogP contribution >= 0.6 is 0 Å².